The first-order valence-electron chi connectivity index (χ1n) is 8.33. The molecule has 3 N–H and O–H groups in total. The van der Waals surface area contributed by atoms with Crippen LogP contribution in [0.2, 0.25) is 5.02 Å². The highest BCUT2D eigenvalue weighted by molar-refractivity contribution is 6.31. The Balaban J connectivity index is 1.77. The van der Waals surface area contributed by atoms with Gasteiger partial charge in [-0.2, -0.15) is 0 Å². The number of nitrogens with two attached hydrogens (primary N) is 1. The number of amides is 1. The number of benzene rings is 2. The summed E-state index contributed by atoms with van der Waals surface area (Å²) < 4.78 is 5.96. The Morgan fingerprint density at radius 1 is 1.36 bits per heavy atom. The van der Waals surface area contributed by atoms with Crippen molar-refractivity contribution in [3.05, 3.63) is 47.0 Å². The fourth-order valence-electron chi connectivity index (χ4n) is 2.90. The summed E-state index contributed by atoms with van der Waals surface area (Å²) in [5.41, 5.74) is 9.10. The Hall–Kier alpha value is -2.40. The number of carbonyl (C=O) groups is 1. The van der Waals surface area contributed by atoms with Crippen LogP contribution in [0, 0.1) is 6.92 Å². The van der Waals surface area contributed by atoms with Crippen molar-refractivity contribution in [3.8, 4) is 5.75 Å². The summed E-state index contributed by atoms with van der Waals surface area (Å²) in [5.74, 6) is 0.634. The van der Waals surface area contributed by atoms with Crippen LogP contribution in [0.15, 0.2) is 36.4 Å². The number of aryl methyl sites for hydroxylation is 1. The molecule has 5 nitrogen and oxygen atoms in total. The first-order chi connectivity index (χ1) is 12.0. The predicted molar refractivity (Wildman–Crippen MR) is 103 cm³/mol. The van der Waals surface area contributed by atoms with E-state index in [-0.39, 0.29) is 18.6 Å². The molecule has 1 unspecified atom stereocenters. The van der Waals surface area contributed by atoms with Crippen molar-refractivity contribution >= 4 is 34.6 Å². The molecule has 0 saturated heterocycles. The lowest BCUT2D eigenvalue weighted by Crippen LogP contribution is -2.43. The van der Waals surface area contributed by atoms with Crippen molar-refractivity contribution < 1.29 is 9.53 Å². The van der Waals surface area contributed by atoms with Gasteiger partial charge in [-0.15, -0.1) is 0 Å². The molecule has 2 aromatic carbocycles. The summed E-state index contributed by atoms with van der Waals surface area (Å²) in [6.07, 6.45) is 0.898. The van der Waals surface area contributed by atoms with Gasteiger partial charge < -0.3 is 20.7 Å². The lowest BCUT2D eigenvalue weighted by atomic mass is 10.1. The van der Waals surface area contributed by atoms with E-state index in [1.165, 1.54) is 0 Å². The monoisotopic (exact) mass is 359 g/mol. The minimum absolute atomic E-state index is 0.0370. The van der Waals surface area contributed by atoms with Gasteiger partial charge in [0.15, 0.2) is 0 Å². The van der Waals surface area contributed by atoms with Crippen LogP contribution >= 0.6 is 11.6 Å². The third kappa shape index (κ3) is 3.99. The molecular formula is C19H22ClN3O2. The van der Waals surface area contributed by atoms with Crippen molar-refractivity contribution in [1.82, 2.24) is 0 Å². The normalized spacial score (nSPS) is 16.1. The summed E-state index contributed by atoms with van der Waals surface area (Å²) in [7, 11) is 0. The maximum absolute atomic E-state index is 12.6. The lowest BCUT2D eigenvalue weighted by molar-refractivity contribution is -0.115. The molecular weight excluding hydrogens is 338 g/mol. The fourth-order valence-corrected chi connectivity index (χ4v) is 3.07. The standard InChI is InChI=1S/C19H22ClN3O2/c1-3-15-10-23(17-7-6-14(21)9-18(17)25-15)11-19(24)22-16-8-13(20)5-4-12(16)2/h4-9,15H,3,10-11,21H2,1-2H3,(H,22,24). The van der Waals surface area contributed by atoms with Crippen molar-refractivity contribution in [1.29, 1.82) is 0 Å². The Labute approximate surface area is 152 Å². The number of anilines is 3. The van der Waals surface area contributed by atoms with Gasteiger partial charge in [-0.05, 0) is 43.2 Å². The third-order valence-corrected chi connectivity index (χ3v) is 4.54. The van der Waals surface area contributed by atoms with Gasteiger partial charge in [0.25, 0.3) is 0 Å². The number of hydrogen-bond donors (Lipinski definition) is 2. The first kappa shape index (κ1) is 17.4. The highest BCUT2D eigenvalue weighted by atomic mass is 35.5. The Bertz CT molecular complexity index is 794. The van der Waals surface area contributed by atoms with E-state index < -0.39 is 0 Å². The number of nitrogen functional groups attached to an aromatic ring is 1. The van der Waals surface area contributed by atoms with Crippen LogP contribution in [0.4, 0.5) is 17.1 Å². The minimum Gasteiger partial charge on any atom is -0.486 e. The van der Waals surface area contributed by atoms with Gasteiger partial charge in [0, 0.05) is 22.5 Å². The van der Waals surface area contributed by atoms with Crippen LogP contribution < -0.4 is 20.7 Å². The molecule has 0 fully saturated rings. The van der Waals surface area contributed by atoms with E-state index in [2.05, 4.69) is 12.2 Å². The van der Waals surface area contributed by atoms with Gasteiger partial charge in [-0.3, -0.25) is 4.79 Å². The third-order valence-electron chi connectivity index (χ3n) is 4.31. The molecule has 0 radical (unpaired) electrons. The van der Waals surface area contributed by atoms with E-state index in [0.29, 0.717) is 17.3 Å². The van der Waals surface area contributed by atoms with E-state index in [9.17, 15) is 4.79 Å². The van der Waals surface area contributed by atoms with Crippen molar-refractivity contribution in [2.24, 2.45) is 0 Å². The smallest absolute Gasteiger partial charge is 0.243 e. The average molecular weight is 360 g/mol. The van der Waals surface area contributed by atoms with E-state index in [0.717, 1.165) is 29.1 Å². The van der Waals surface area contributed by atoms with Crippen molar-refractivity contribution in [2.45, 2.75) is 26.4 Å². The minimum atomic E-state index is -0.0927. The van der Waals surface area contributed by atoms with E-state index in [1.54, 1.807) is 12.1 Å². The van der Waals surface area contributed by atoms with Gasteiger partial charge in [-0.1, -0.05) is 24.6 Å². The zero-order valence-corrected chi connectivity index (χ0v) is 15.1. The van der Waals surface area contributed by atoms with Crippen LogP contribution in [0.5, 0.6) is 5.75 Å². The summed E-state index contributed by atoms with van der Waals surface area (Å²) in [5, 5.41) is 3.54. The molecule has 6 heteroatoms. The zero-order chi connectivity index (χ0) is 18.0. The number of fused-ring (bicyclic) bond motifs is 1. The SMILES string of the molecule is CCC1CN(CC(=O)Nc2cc(Cl)ccc2C)c2ccc(N)cc2O1. The van der Waals surface area contributed by atoms with E-state index in [1.807, 2.05) is 36.1 Å². The average Bonchev–Trinajstić information content (AvgIpc) is 2.57. The van der Waals surface area contributed by atoms with Gasteiger partial charge in [0.05, 0.1) is 18.8 Å². The highest BCUT2D eigenvalue weighted by Gasteiger charge is 2.26. The zero-order valence-electron chi connectivity index (χ0n) is 14.4. The number of ether oxygens (including phenoxy) is 1. The number of halogens is 1. The second-order valence-corrected chi connectivity index (χ2v) is 6.70. The largest absolute Gasteiger partial charge is 0.486 e. The van der Waals surface area contributed by atoms with Crippen molar-refractivity contribution in [3.63, 3.8) is 0 Å². The number of hydrogen-bond acceptors (Lipinski definition) is 4. The molecule has 0 saturated carbocycles. The predicted octanol–water partition coefficient (Wildman–Crippen LogP) is 3.85. The van der Waals surface area contributed by atoms with Crippen LogP contribution in [-0.2, 0) is 4.79 Å². The van der Waals surface area contributed by atoms with Crippen LogP contribution in [0.3, 0.4) is 0 Å². The molecule has 0 spiro atoms. The Morgan fingerprint density at radius 3 is 2.92 bits per heavy atom. The number of rotatable bonds is 4. The molecule has 0 bridgehead atoms. The second-order valence-electron chi connectivity index (χ2n) is 6.26. The van der Waals surface area contributed by atoms with Gasteiger partial charge >= 0.3 is 0 Å². The topological polar surface area (TPSA) is 67.6 Å². The maximum Gasteiger partial charge on any atom is 0.243 e. The number of carbonyl (C=O) groups excluding carboxylic acids is 1. The first-order valence-corrected chi connectivity index (χ1v) is 8.71. The second kappa shape index (κ2) is 7.23. The summed E-state index contributed by atoms with van der Waals surface area (Å²) >= 11 is 6.02. The van der Waals surface area contributed by atoms with Gasteiger partial charge in [0.2, 0.25) is 5.91 Å². The molecule has 1 aliphatic rings. The maximum atomic E-state index is 12.6. The quantitative estimate of drug-likeness (QED) is 0.814. The molecule has 3 rings (SSSR count). The Kier molecular flexibility index (Phi) is 5.04. The summed E-state index contributed by atoms with van der Waals surface area (Å²) in [6, 6.07) is 11.0. The molecule has 0 aromatic heterocycles. The fraction of sp³-hybridized carbons (Fsp3) is 0.316. The molecule has 132 valence electrons. The molecule has 2 aromatic rings. The van der Waals surface area contributed by atoms with E-state index in [4.69, 9.17) is 22.1 Å². The molecule has 1 atom stereocenters. The van der Waals surface area contributed by atoms with Crippen LogP contribution in [-0.4, -0.2) is 25.1 Å². The van der Waals surface area contributed by atoms with Crippen LogP contribution in [0.1, 0.15) is 18.9 Å². The Morgan fingerprint density at radius 2 is 2.16 bits per heavy atom. The molecule has 1 heterocycles. The molecule has 1 amide bonds. The molecule has 25 heavy (non-hydrogen) atoms. The molecule has 0 aliphatic carbocycles. The number of nitrogens with one attached hydrogen (secondary N) is 1. The number of nitrogens with zero attached hydrogens (tertiary/aromatic N) is 1. The van der Waals surface area contributed by atoms with Crippen molar-refractivity contribution in [2.75, 3.05) is 29.0 Å². The lowest BCUT2D eigenvalue weighted by Gasteiger charge is -2.35. The summed E-state index contributed by atoms with van der Waals surface area (Å²) in [4.78, 5) is 14.6. The summed E-state index contributed by atoms with van der Waals surface area (Å²) in [6.45, 7) is 4.90. The highest BCUT2D eigenvalue weighted by Crippen LogP contribution is 2.35. The molecule has 1 aliphatic heterocycles. The van der Waals surface area contributed by atoms with Gasteiger partial charge in [-0.25, -0.2) is 0 Å². The van der Waals surface area contributed by atoms with E-state index >= 15 is 0 Å². The van der Waals surface area contributed by atoms with Crippen LogP contribution in [0.25, 0.3) is 0 Å². The van der Waals surface area contributed by atoms with Gasteiger partial charge in [0.1, 0.15) is 11.9 Å².